The highest BCUT2D eigenvalue weighted by Crippen LogP contribution is 2.15. The van der Waals surface area contributed by atoms with E-state index in [9.17, 15) is 4.79 Å². The van der Waals surface area contributed by atoms with Crippen LogP contribution in [0.3, 0.4) is 0 Å². The molecule has 1 unspecified atom stereocenters. The SMILES string of the molecule is CCCc1ccc(OCCC(C)(NC)C(=O)O)cc1. The number of carbonyl (C=O) groups is 1. The lowest BCUT2D eigenvalue weighted by atomic mass is 9.99. The highest BCUT2D eigenvalue weighted by Gasteiger charge is 2.30. The number of hydrogen-bond donors (Lipinski definition) is 2. The number of carboxylic acid groups (broad SMARTS) is 1. The van der Waals surface area contributed by atoms with Crippen molar-refractivity contribution in [1.82, 2.24) is 5.32 Å². The minimum absolute atomic E-state index is 0.372. The predicted molar refractivity (Wildman–Crippen MR) is 75.6 cm³/mol. The summed E-state index contributed by atoms with van der Waals surface area (Å²) in [5.74, 6) is -0.0828. The second-order valence-electron chi connectivity index (χ2n) is 4.88. The van der Waals surface area contributed by atoms with Gasteiger partial charge in [-0.05, 0) is 38.1 Å². The molecule has 1 aromatic rings. The minimum atomic E-state index is -0.942. The summed E-state index contributed by atoms with van der Waals surface area (Å²) in [6.45, 7) is 4.18. The summed E-state index contributed by atoms with van der Waals surface area (Å²) in [7, 11) is 1.65. The second kappa shape index (κ2) is 7.14. The average Bonchev–Trinajstić information content (AvgIpc) is 2.40. The Bertz CT molecular complexity index is 402. The van der Waals surface area contributed by atoms with Crippen LogP contribution in [-0.4, -0.2) is 30.3 Å². The lowest BCUT2D eigenvalue weighted by Gasteiger charge is -2.23. The van der Waals surface area contributed by atoms with Gasteiger partial charge in [-0.1, -0.05) is 25.5 Å². The third kappa shape index (κ3) is 4.56. The van der Waals surface area contributed by atoms with Crippen LogP contribution in [0.1, 0.15) is 32.3 Å². The topological polar surface area (TPSA) is 58.6 Å². The molecule has 4 heteroatoms. The van der Waals surface area contributed by atoms with Crippen LogP contribution in [0.25, 0.3) is 0 Å². The molecule has 2 N–H and O–H groups in total. The molecule has 0 saturated heterocycles. The number of aryl methyl sites for hydroxylation is 1. The molecule has 19 heavy (non-hydrogen) atoms. The molecule has 0 aliphatic heterocycles. The molecular formula is C15H23NO3. The lowest BCUT2D eigenvalue weighted by molar-refractivity contribution is -0.144. The lowest BCUT2D eigenvalue weighted by Crippen LogP contribution is -2.48. The third-order valence-electron chi connectivity index (χ3n) is 3.36. The molecule has 0 bridgehead atoms. The first-order valence-electron chi connectivity index (χ1n) is 6.66. The standard InChI is InChI=1S/C15H23NO3/c1-4-5-12-6-8-13(9-7-12)19-11-10-15(2,16-3)14(17)18/h6-9,16H,4-5,10-11H2,1-3H3,(H,17,18). The van der Waals surface area contributed by atoms with Crippen molar-refractivity contribution < 1.29 is 14.6 Å². The van der Waals surface area contributed by atoms with E-state index in [1.165, 1.54) is 5.56 Å². The van der Waals surface area contributed by atoms with E-state index in [1.54, 1.807) is 14.0 Å². The largest absolute Gasteiger partial charge is 0.494 e. The van der Waals surface area contributed by atoms with Gasteiger partial charge in [0.15, 0.2) is 0 Å². The van der Waals surface area contributed by atoms with Crippen LogP contribution >= 0.6 is 0 Å². The van der Waals surface area contributed by atoms with Crippen LogP contribution in [-0.2, 0) is 11.2 Å². The van der Waals surface area contributed by atoms with Crippen LogP contribution in [0.5, 0.6) is 5.75 Å². The van der Waals surface area contributed by atoms with E-state index in [1.807, 2.05) is 24.3 Å². The van der Waals surface area contributed by atoms with Gasteiger partial charge >= 0.3 is 5.97 Å². The van der Waals surface area contributed by atoms with E-state index >= 15 is 0 Å². The molecule has 0 heterocycles. The molecule has 0 fully saturated rings. The second-order valence-corrected chi connectivity index (χ2v) is 4.88. The van der Waals surface area contributed by atoms with E-state index in [0.29, 0.717) is 13.0 Å². The highest BCUT2D eigenvalue weighted by atomic mass is 16.5. The Balaban J connectivity index is 2.46. The number of ether oxygens (including phenoxy) is 1. The van der Waals surface area contributed by atoms with Crippen LogP contribution in [0.4, 0.5) is 0 Å². The Labute approximate surface area is 114 Å². The fraction of sp³-hybridized carbons (Fsp3) is 0.533. The minimum Gasteiger partial charge on any atom is -0.494 e. The van der Waals surface area contributed by atoms with E-state index in [4.69, 9.17) is 9.84 Å². The van der Waals surface area contributed by atoms with Crippen molar-refractivity contribution in [2.45, 2.75) is 38.6 Å². The summed E-state index contributed by atoms with van der Waals surface area (Å²) in [6, 6.07) is 7.96. The van der Waals surface area contributed by atoms with Gasteiger partial charge in [0.05, 0.1) is 6.61 Å². The quantitative estimate of drug-likeness (QED) is 0.758. The van der Waals surface area contributed by atoms with Crippen LogP contribution in [0.2, 0.25) is 0 Å². The number of likely N-dealkylation sites (N-methyl/N-ethyl adjacent to an activating group) is 1. The molecule has 0 aromatic heterocycles. The fourth-order valence-corrected chi connectivity index (χ4v) is 1.75. The van der Waals surface area contributed by atoms with Crippen LogP contribution in [0.15, 0.2) is 24.3 Å². The van der Waals surface area contributed by atoms with Crippen molar-refractivity contribution in [3.63, 3.8) is 0 Å². The van der Waals surface area contributed by atoms with Crippen molar-refractivity contribution in [2.24, 2.45) is 0 Å². The van der Waals surface area contributed by atoms with Gasteiger partial charge < -0.3 is 15.2 Å². The average molecular weight is 265 g/mol. The van der Waals surface area contributed by atoms with Gasteiger partial charge in [-0.15, -0.1) is 0 Å². The molecular weight excluding hydrogens is 242 g/mol. The molecule has 0 radical (unpaired) electrons. The van der Waals surface area contributed by atoms with E-state index < -0.39 is 11.5 Å². The number of benzene rings is 1. The monoisotopic (exact) mass is 265 g/mol. The number of aliphatic carboxylic acids is 1. The summed E-state index contributed by atoms with van der Waals surface area (Å²) in [5, 5.41) is 11.9. The summed E-state index contributed by atoms with van der Waals surface area (Å²) in [4.78, 5) is 11.1. The highest BCUT2D eigenvalue weighted by molar-refractivity contribution is 5.78. The van der Waals surface area contributed by atoms with E-state index in [0.717, 1.165) is 18.6 Å². The van der Waals surface area contributed by atoms with Crippen molar-refractivity contribution >= 4 is 5.97 Å². The van der Waals surface area contributed by atoms with Crippen molar-refractivity contribution in [1.29, 1.82) is 0 Å². The zero-order valence-corrected chi connectivity index (χ0v) is 11.9. The molecule has 1 atom stereocenters. The summed E-state index contributed by atoms with van der Waals surface area (Å²) in [5.41, 5.74) is 0.350. The maximum atomic E-state index is 11.1. The zero-order chi connectivity index (χ0) is 14.3. The number of rotatable bonds is 8. The number of hydrogen-bond acceptors (Lipinski definition) is 3. The normalized spacial score (nSPS) is 13.8. The van der Waals surface area contributed by atoms with E-state index in [-0.39, 0.29) is 0 Å². The van der Waals surface area contributed by atoms with Crippen molar-refractivity contribution in [3.8, 4) is 5.75 Å². The Morgan fingerprint density at radius 2 is 2.00 bits per heavy atom. The number of nitrogens with one attached hydrogen (secondary N) is 1. The molecule has 0 aliphatic carbocycles. The van der Waals surface area contributed by atoms with Gasteiger partial charge in [0.1, 0.15) is 11.3 Å². The fourth-order valence-electron chi connectivity index (χ4n) is 1.75. The molecule has 0 spiro atoms. The van der Waals surface area contributed by atoms with E-state index in [2.05, 4.69) is 12.2 Å². The van der Waals surface area contributed by atoms with Gasteiger partial charge in [0.2, 0.25) is 0 Å². The Morgan fingerprint density at radius 3 is 2.47 bits per heavy atom. The van der Waals surface area contributed by atoms with Crippen LogP contribution in [0, 0.1) is 0 Å². The zero-order valence-electron chi connectivity index (χ0n) is 11.9. The summed E-state index contributed by atoms with van der Waals surface area (Å²) >= 11 is 0. The van der Waals surface area contributed by atoms with Crippen molar-refractivity contribution in [3.05, 3.63) is 29.8 Å². The Hall–Kier alpha value is -1.55. The third-order valence-corrected chi connectivity index (χ3v) is 3.36. The molecule has 0 aliphatic rings. The van der Waals surface area contributed by atoms with Gasteiger partial charge in [-0.25, -0.2) is 0 Å². The predicted octanol–water partition coefficient (Wildman–Crippen LogP) is 2.47. The van der Waals surface area contributed by atoms with Gasteiger partial charge in [0, 0.05) is 6.42 Å². The van der Waals surface area contributed by atoms with Gasteiger partial charge in [-0.3, -0.25) is 4.79 Å². The maximum absolute atomic E-state index is 11.1. The molecule has 0 amide bonds. The van der Waals surface area contributed by atoms with Crippen molar-refractivity contribution in [2.75, 3.05) is 13.7 Å². The smallest absolute Gasteiger partial charge is 0.323 e. The van der Waals surface area contributed by atoms with Crippen LogP contribution < -0.4 is 10.1 Å². The Morgan fingerprint density at radius 1 is 1.37 bits per heavy atom. The first-order valence-corrected chi connectivity index (χ1v) is 6.66. The molecule has 4 nitrogen and oxygen atoms in total. The first kappa shape index (κ1) is 15.5. The molecule has 1 rings (SSSR count). The van der Waals surface area contributed by atoms with Gasteiger partial charge in [-0.2, -0.15) is 0 Å². The summed E-state index contributed by atoms with van der Waals surface area (Å²) < 4.78 is 5.58. The maximum Gasteiger partial charge on any atom is 0.323 e. The van der Waals surface area contributed by atoms with Gasteiger partial charge in [0.25, 0.3) is 0 Å². The number of carboxylic acids is 1. The molecule has 106 valence electrons. The Kier molecular flexibility index (Phi) is 5.83. The molecule has 1 aromatic carbocycles. The molecule has 0 saturated carbocycles. The first-order chi connectivity index (χ1) is 9.01. The summed E-state index contributed by atoms with van der Waals surface area (Å²) in [6.07, 6.45) is 2.60.